The number of aromatic nitrogens is 4. The number of hydrogen-bond acceptors (Lipinski definition) is 8. The van der Waals surface area contributed by atoms with Crippen LogP contribution in [0.3, 0.4) is 0 Å². The van der Waals surface area contributed by atoms with Crippen molar-refractivity contribution in [1.29, 1.82) is 0 Å². The molecule has 1 aromatic carbocycles. The zero-order valence-corrected chi connectivity index (χ0v) is 22.9. The fourth-order valence-corrected chi connectivity index (χ4v) is 4.53. The van der Waals surface area contributed by atoms with Crippen molar-refractivity contribution in [2.24, 2.45) is 0 Å². The van der Waals surface area contributed by atoms with Gasteiger partial charge in [-0.15, -0.1) is 0 Å². The molecule has 3 N–H and O–H groups in total. The molecule has 1 unspecified atom stereocenters. The van der Waals surface area contributed by atoms with Gasteiger partial charge in [-0.05, 0) is 32.0 Å². The number of nitrogens with zero attached hydrogens (tertiary/aromatic N) is 4. The predicted molar refractivity (Wildman–Crippen MR) is 131 cm³/mol. The minimum Gasteiger partial charge on any atom is -0.382 e. The van der Waals surface area contributed by atoms with E-state index in [2.05, 4.69) is 30.2 Å². The molecule has 1 aliphatic rings. The van der Waals surface area contributed by atoms with E-state index < -0.39 is 67.0 Å². The summed E-state index contributed by atoms with van der Waals surface area (Å²) in [5, 5.41) is 11.2. The maximum Gasteiger partial charge on any atom is 0.414 e. The molecule has 4 rings (SSSR count). The maximum absolute atomic E-state index is 15.9. The third-order valence-electron chi connectivity index (χ3n) is 6.83. The van der Waals surface area contributed by atoms with E-state index in [0.717, 1.165) is 11.8 Å². The minimum absolute atomic E-state index is 0.0288. The number of nitrogens with one attached hydrogen (secondary N) is 3. The zero-order valence-electron chi connectivity index (χ0n) is 22.9. The van der Waals surface area contributed by atoms with Gasteiger partial charge in [-0.25, -0.2) is 18.8 Å². The van der Waals surface area contributed by atoms with Gasteiger partial charge in [-0.2, -0.15) is 26.3 Å². The predicted octanol–water partition coefficient (Wildman–Crippen LogP) is 3.86. The van der Waals surface area contributed by atoms with Crippen LogP contribution < -0.4 is 10.6 Å². The van der Waals surface area contributed by atoms with Crippen LogP contribution in [-0.2, 0) is 9.47 Å². The summed E-state index contributed by atoms with van der Waals surface area (Å²) in [4.78, 5) is 33.0. The van der Waals surface area contributed by atoms with Crippen LogP contribution in [0.5, 0.6) is 0 Å². The zero-order chi connectivity index (χ0) is 31.9. The van der Waals surface area contributed by atoms with Gasteiger partial charge < -0.3 is 30.0 Å². The Bertz CT molecular complexity index is 1470. The molecule has 2 aromatic heterocycles. The van der Waals surface area contributed by atoms with Gasteiger partial charge in [-0.1, -0.05) is 11.2 Å². The highest BCUT2D eigenvalue weighted by Gasteiger charge is 2.49. The van der Waals surface area contributed by atoms with Gasteiger partial charge in [0, 0.05) is 12.7 Å². The standard InChI is InChI=1S/C24H26F7N7O5/c1-9-17(37-43-36-9)21(39)35-18(10(2)42-11(3)23(26,27)28)20-32-13-6-5-12(16(25)19(13)34-20)14(8-41-4)38-7-15(24(29,30)31)33-22(38)40/h5-6,10-11,14-15,18H,7-8H2,1-4H3,(H,32,34)(H,33,40)(H,35,39)/t10-,11-,14-,15+,18?/m1/s1. The molecule has 3 heterocycles. The number of ether oxygens (including phenoxy) is 2. The van der Waals surface area contributed by atoms with Crippen molar-refractivity contribution in [3.63, 3.8) is 0 Å². The number of rotatable bonds is 10. The number of H-pyrrole nitrogens is 1. The topological polar surface area (TPSA) is 147 Å². The van der Waals surface area contributed by atoms with Crippen molar-refractivity contribution in [3.05, 3.63) is 40.7 Å². The first-order valence-electron chi connectivity index (χ1n) is 12.7. The Morgan fingerprint density at radius 1 is 1.21 bits per heavy atom. The van der Waals surface area contributed by atoms with Crippen LogP contribution in [0.1, 0.15) is 53.5 Å². The van der Waals surface area contributed by atoms with Crippen molar-refractivity contribution < 1.29 is 54.4 Å². The summed E-state index contributed by atoms with van der Waals surface area (Å²) in [6.45, 7) is 2.21. The number of carbonyl (C=O) groups is 2. The molecule has 43 heavy (non-hydrogen) atoms. The van der Waals surface area contributed by atoms with E-state index in [9.17, 15) is 35.9 Å². The summed E-state index contributed by atoms with van der Waals surface area (Å²) < 4.78 is 110. The number of urea groups is 1. The average Bonchev–Trinajstić information content (AvgIpc) is 3.64. The molecule has 0 saturated carbocycles. The highest BCUT2D eigenvalue weighted by Crippen LogP contribution is 2.34. The van der Waals surface area contributed by atoms with Crippen molar-refractivity contribution in [3.8, 4) is 0 Å². The third-order valence-corrected chi connectivity index (χ3v) is 6.83. The molecule has 19 heteroatoms. The summed E-state index contributed by atoms with van der Waals surface area (Å²) >= 11 is 0. The quantitative estimate of drug-likeness (QED) is 0.288. The van der Waals surface area contributed by atoms with Gasteiger partial charge >= 0.3 is 18.4 Å². The number of methoxy groups -OCH3 is 1. The van der Waals surface area contributed by atoms with Crippen molar-refractivity contribution in [2.75, 3.05) is 20.3 Å². The lowest BCUT2D eigenvalue weighted by atomic mass is 10.0. The average molecular weight is 626 g/mol. The number of halogens is 7. The second-order valence-electron chi connectivity index (χ2n) is 9.83. The number of amides is 3. The summed E-state index contributed by atoms with van der Waals surface area (Å²) in [6.07, 6.45) is -13.1. The van der Waals surface area contributed by atoms with Crippen molar-refractivity contribution in [1.82, 2.24) is 35.8 Å². The Kier molecular flexibility index (Phi) is 8.87. The minimum atomic E-state index is -4.75. The fraction of sp³-hybridized carbons (Fsp3) is 0.542. The van der Waals surface area contributed by atoms with Gasteiger partial charge in [0.05, 0.1) is 30.8 Å². The number of aryl methyl sites for hydroxylation is 1. The molecule has 1 fully saturated rings. The van der Waals surface area contributed by atoms with E-state index >= 15 is 4.39 Å². The van der Waals surface area contributed by atoms with Crippen LogP contribution >= 0.6 is 0 Å². The molecule has 5 atom stereocenters. The Hall–Kier alpha value is -4.00. The molecule has 3 amide bonds. The number of carbonyl (C=O) groups excluding carboxylic acids is 2. The number of benzene rings is 1. The second-order valence-corrected chi connectivity index (χ2v) is 9.83. The molecule has 3 aromatic rings. The molecule has 0 radical (unpaired) electrons. The van der Waals surface area contributed by atoms with E-state index in [0.29, 0.717) is 0 Å². The number of imidazole rings is 1. The third kappa shape index (κ3) is 6.66. The number of alkyl halides is 6. The molecule has 0 aliphatic carbocycles. The van der Waals surface area contributed by atoms with Gasteiger partial charge in [0.25, 0.3) is 5.91 Å². The van der Waals surface area contributed by atoms with Crippen LogP contribution in [0.4, 0.5) is 35.5 Å². The monoisotopic (exact) mass is 625 g/mol. The molecule has 236 valence electrons. The fourth-order valence-electron chi connectivity index (χ4n) is 4.53. The maximum atomic E-state index is 15.9. The van der Waals surface area contributed by atoms with E-state index in [1.165, 1.54) is 33.1 Å². The first kappa shape index (κ1) is 31.9. The second kappa shape index (κ2) is 11.9. The van der Waals surface area contributed by atoms with E-state index in [1.807, 2.05) is 5.32 Å². The summed E-state index contributed by atoms with van der Waals surface area (Å²) in [5.41, 5.74) is -0.757. The summed E-state index contributed by atoms with van der Waals surface area (Å²) in [5.74, 6) is -2.15. The van der Waals surface area contributed by atoms with Crippen molar-refractivity contribution >= 4 is 23.0 Å². The largest absolute Gasteiger partial charge is 0.414 e. The van der Waals surface area contributed by atoms with Crippen LogP contribution in [-0.4, -0.2) is 88.0 Å². The lowest BCUT2D eigenvalue weighted by molar-refractivity contribution is -0.227. The van der Waals surface area contributed by atoms with E-state index in [1.54, 1.807) is 0 Å². The molecule has 0 spiro atoms. The van der Waals surface area contributed by atoms with Crippen LogP contribution in [0.25, 0.3) is 11.0 Å². The molecule has 1 aliphatic heterocycles. The smallest absolute Gasteiger partial charge is 0.382 e. The van der Waals surface area contributed by atoms with Gasteiger partial charge in [0.15, 0.2) is 17.6 Å². The Morgan fingerprint density at radius 2 is 1.91 bits per heavy atom. The van der Waals surface area contributed by atoms with Gasteiger partial charge in [-0.3, -0.25) is 4.79 Å². The Morgan fingerprint density at radius 3 is 2.47 bits per heavy atom. The number of fused-ring (bicyclic) bond motifs is 1. The highest BCUT2D eigenvalue weighted by molar-refractivity contribution is 5.93. The lowest BCUT2D eigenvalue weighted by Crippen LogP contribution is -2.41. The van der Waals surface area contributed by atoms with E-state index in [4.69, 9.17) is 9.47 Å². The SMILES string of the molecule is COC[C@H](c1ccc2[nH]c(C(NC(=O)c3nonc3C)[C@@H](C)O[C@H](C)C(F)(F)F)nc2c1F)N1C[C@@H](C(F)(F)F)NC1=O. The van der Waals surface area contributed by atoms with Crippen LogP contribution in [0.2, 0.25) is 0 Å². The highest BCUT2D eigenvalue weighted by atomic mass is 19.4. The van der Waals surface area contributed by atoms with Crippen molar-refractivity contribution in [2.45, 2.75) is 63.5 Å². The Balaban J connectivity index is 1.71. The first-order chi connectivity index (χ1) is 20.0. The Labute approximate surface area is 238 Å². The molecule has 1 saturated heterocycles. The first-order valence-corrected chi connectivity index (χ1v) is 12.7. The number of hydrogen-bond donors (Lipinski definition) is 3. The molecular formula is C24H26F7N7O5. The van der Waals surface area contributed by atoms with Gasteiger partial charge in [0.1, 0.15) is 29.1 Å². The van der Waals surface area contributed by atoms with Crippen LogP contribution in [0, 0.1) is 12.7 Å². The number of aromatic amines is 1. The van der Waals surface area contributed by atoms with E-state index in [-0.39, 0.29) is 40.4 Å². The normalized spacial score (nSPS) is 18.9. The summed E-state index contributed by atoms with van der Waals surface area (Å²) in [7, 11) is 1.22. The molecular weight excluding hydrogens is 599 g/mol. The molecule has 0 bridgehead atoms. The van der Waals surface area contributed by atoms with Gasteiger partial charge in [0.2, 0.25) is 0 Å². The van der Waals surface area contributed by atoms with Crippen LogP contribution in [0.15, 0.2) is 16.8 Å². The lowest BCUT2D eigenvalue weighted by Gasteiger charge is -2.27. The molecule has 12 nitrogen and oxygen atoms in total. The summed E-state index contributed by atoms with van der Waals surface area (Å²) in [6, 6.07) is -3.46.